The molecule has 13 heavy (non-hydrogen) atoms. The van der Waals surface area contributed by atoms with Crippen molar-refractivity contribution in [3.05, 3.63) is 24.3 Å². The van der Waals surface area contributed by atoms with Crippen molar-refractivity contribution in [1.29, 1.82) is 0 Å². The van der Waals surface area contributed by atoms with E-state index in [-0.39, 0.29) is 12.4 Å². The molecule has 1 atom stereocenters. The fourth-order valence-corrected chi connectivity index (χ4v) is 0.694. The van der Waals surface area contributed by atoms with Crippen molar-refractivity contribution < 1.29 is 4.79 Å². The lowest BCUT2D eigenvalue weighted by atomic mass is 9.99. The number of primary amides is 1. The summed E-state index contributed by atoms with van der Waals surface area (Å²) in [5.74, 6) is -0.622. The molecule has 0 aromatic carbocycles. The van der Waals surface area contributed by atoms with E-state index in [9.17, 15) is 4.79 Å². The number of carbonyl (C=O) groups is 1. The number of hydrogen-bond donors (Lipinski definition) is 2. The third kappa shape index (κ3) is 2.37. The van der Waals surface area contributed by atoms with Gasteiger partial charge in [0.05, 0.1) is 11.9 Å². The van der Waals surface area contributed by atoms with E-state index in [2.05, 4.69) is 9.97 Å². The number of amides is 1. The van der Waals surface area contributed by atoms with Crippen LogP contribution in [-0.4, -0.2) is 15.9 Å². The molecular weight excluding hydrogens is 192 g/mol. The maximum absolute atomic E-state index is 10.9. The van der Waals surface area contributed by atoms with Gasteiger partial charge in [-0.05, 0) is 6.92 Å². The van der Waals surface area contributed by atoms with Crippen LogP contribution in [0.4, 0.5) is 0 Å². The van der Waals surface area contributed by atoms with Gasteiger partial charge in [-0.25, -0.2) is 0 Å². The van der Waals surface area contributed by atoms with Crippen molar-refractivity contribution in [3.63, 3.8) is 0 Å². The van der Waals surface area contributed by atoms with Crippen molar-refractivity contribution in [1.82, 2.24) is 9.97 Å². The number of rotatable bonds is 2. The van der Waals surface area contributed by atoms with Gasteiger partial charge in [-0.2, -0.15) is 0 Å². The lowest BCUT2D eigenvalue weighted by Gasteiger charge is -2.18. The predicted octanol–water partition coefficient (Wildman–Crippen LogP) is -0.442. The smallest absolute Gasteiger partial charge is 0.243 e. The van der Waals surface area contributed by atoms with Crippen molar-refractivity contribution >= 4 is 18.3 Å². The van der Waals surface area contributed by atoms with Gasteiger partial charge in [0.25, 0.3) is 0 Å². The van der Waals surface area contributed by atoms with Crippen LogP contribution in [0.1, 0.15) is 12.6 Å². The molecule has 0 aliphatic heterocycles. The van der Waals surface area contributed by atoms with Crippen molar-refractivity contribution in [2.75, 3.05) is 0 Å². The van der Waals surface area contributed by atoms with Crippen LogP contribution >= 0.6 is 12.4 Å². The molecule has 0 saturated carbocycles. The van der Waals surface area contributed by atoms with E-state index in [1.807, 2.05) is 0 Å². The number of nitrogens with two attached hydrogens (primary N) is 2. The first-order valence-corrected chi connectivity index (χ1v) is 3.40. The average molecular weight is 203 g/mol. The minimum atomic E-state index is -1.24. The first-order chi connectivity index (χ1) is 5.55. The molecule has 0 spiro atoms. The second kappa shape index (κ2) is 4.15. The quantitative estimate of drug-likeness (QED) is 0.680. The standard InChI is InChI=1S/C7H10N4O.ClH/c1-7(9,6(8)12)5-4-10-2-3-11-5;/h2-4H,9H2,1H3,(H2,8,12);1H. The van der Waals surface area contributed by atoms with Crippen LogP contribution in [-0.2, 0) is 10.3 Å². The summed E-state index contributed by atoms with van der Waals surface area (Å²) in [6.07, 6.45) is 4.38. The molecule has 1 aromatic heterocycles. The highest BCUT2D eigenvalue weighted by Gasteiger charge is 2.29. The highest BCUT2D eigenvalue weighted by Crippen LogP contribution is 2.11. The van der Waals surface area contributed by atoms with E-state index in [1.165, 1.54) is 25.5 Å². The zero-order chi connectivity index (χ0) is 9.19. The van der Waals surface area contributed by atoms with Crippen LogP contribution < -0.4 is 11.5 Å². The Balaban J connectivity index is 0.00000144. The topological polar surface area (TPSA) is 94.9 Å². The lowest BCUT2D eigenvalue weighted by molar-refractivity contribution is -0.122. The first kappa shape index (κ1) is 11.8. The summed E-state index contributed by atoms with van der Waals surface area (Å²) >= 11 is 0. The van der Waals surface area contributed by atoms with Crippen molar-refractivity contribution in [2.24, 2.45) is 11.5 Å². The molecule has 0 aliphatic carbocycles. The Morgan fingerprint density at radius 2 is 2.15 bits per heavy atom. The van der Waals surface area contributed by atoms with Crippen molar-refractivity contribution in [3.8, 4) is 0 Å². The third-order valence-electron chi connectivity index (χ3n) is 1.61. The fraction of sp³-hybridized carbons (Fsp3) is 0.286. The molecule has 1 heterocycles. The van der Waals surface area contributed by atoms with Crippen molar-refractivity contribution in [2.45, 2.75) is 12.5 Å². The predicted molar refractivity (Wildman–Crippen MR) is 50.0 cm³/mol. The Bertz CT molecular complexity index is 288. The molecule has 4 N–H and O–H groups in total. The number of nitrogens with zero attached hydrogens (tertiary/aromatic N) is 2. The van der Waals surface area contributed by atoms with E-state index >= 15 is 0 Å². The number of carbonyl (C=O) groups excluding carboxylic acids is 1. The van der Waals surface area contributed by atoms with Gasteiger partial charge in [0.15, 0.2) is 0 Å². The number of hydrogen-bond acceptors (Lipinski definition) is 4. The Kier molecular flexibility index (Phi) is 3.77. The molecule has 1 aromatic rings. The van der Waals surface area contributed by atoms with Gasteiger partial charge in [-0.15, -0.1) is 12.4 Å². The van der Waals surface area contributed by atoms with Crippen LogP contribution in [0.2, 0.25) is 0 Å². The Morgan fingerprint density at radius 3 is 2.54 bits per heavy atom. The SMILES string of the molecule is CC(N)(C(N)=O)c1cnccn1.Cl. The molecule has 6 heteroatoms. The van der Waals surface area contributed by atoms with E-state index in [4.69, 9.17) is 11.5 Å². The van der Waals surface area contributed by atoms with Crippen LogP contribution in [0.3, 0.4) is 0 Å². The number of aromatic nitrogens is 2. The summed E-state index contributed by atoms with van der Waals surface area (Å²) in [6, 6.07) is 0. The number of halogens is 1. The first-order valence-electron chi connectivity index (χ1n) is 3.40. The second-order valence-corrected chi connectivity index (χ2v) is 2.66. The summed E-state index contributed by atoms with van der Waals surface area (Å²) in [4.78, 5) is 18.5. The fourth-order valence-electron chi connectivity index (χ4n) is 0.694. The van der Waals surface area contributed by atoms with Gasteiger partial charge in [-0.1, -0.05) is 0 Å². The van der Waals surface area contributed by atoms with Gasteiger partial charge in [0.2, 0.25) is 5.91 Å². The van der Waals surface area contributed by atoms with Gasteiger partial charge in [-0.3, -0.25) is 14.8 Å². The Morgan fingerprint density at radius 1 is 1.54 bits per heavy atom. The molecule has 1 rings (SSSR count). The molecule has 5 nitrogen and oxygen atoms in total. The highest BCUT2D eigenvalue weighted by molar-refractivity contribution is 5.85. The van der Waals surface area contributed by atoms with Gasteiger partial charge in [0, 0.05) is 12.4 Å². The minimum absolute atomic E-state index is 0. The second-order valence-electron chi connectivity index (χ2n) is 2.66. The molecule has 0 aliphatic rings. The lowest BCUT2D eigenvalue weighted by Crippen LogP contribution is -2.47. The zero-order valence-corrected chi connectivity index (χ0v) is 7.91. The van der Waals surface area contributed by atoms with E-state index in [0.29, 0.717) is 5.69 Å². The molecular formula is C7H11ClN4O. The molecule has 72 valence electrons. The van der Waals surface area contributed by atoms with Gasteiger partial charge in [0.1, 0.15) is 5.54 Å². The summed E-state index contributed by atoms with van der Waals surface area (Å²) in [7, 11) is 0. The molecule has 0 bridgehead atoms. The summed E-state index contributed by atoms with van der Waals surface area (Å²) < 4.78 is 0. The van der Waals surface area contributed by atoms with Gasteiger partial charge < -0.3 is 11.5 Å². The van der Waals surface area contributed by atoms with Crippen LogP contribution in [0.15, 0.2) is 18.6 Å². The van der Waals surface area contributed by atoms with E-state index in [1.54, 1.807) is 0 Å². The maximum Gasteiger partial charge on any atom is 0.243 e. The molecule has 1 amide bonds. The normalized spacial score (nSPS) is 14.0. The van der Waals surface area contributed by atoms with Crippen LogP contribution in [0, 0.1) is 0 Å². The largest absolute Gasteiger partial charge is 0.368 e. The molecule has 1 unspecified atom stereocenters. The maximum atomic E-state index is 10.9. The monoisotopic (exact) mass is 202 g/mol. The Hall–Kier alpha value is -1.20. The van der Waals surface area contributed by atoms with Crippen LogP contribution in [0.5, 0.6) is 0 Å². The Labute approximate surface area is 82.0 Å². The molecule has 0 saturated heterocycles. The summed E-state index contributed by atoms with van der Waals surface area (Å²) in [5.41, 5.74) is 9.81. The highest BCUT2D eigenvalue weighted by atomic mass is 35.5. The van der Waals surface area contributed by atoms with Crippen LogP contribution in [0.25, 0.3) is 0 Å². The van der Waals surface area contributed by atoms with Gasteiger partial charge >= 0.3 is 0 Å². The average Bonchev–Trinajstić information content (AvgIpc) is 2.06. The molecule has 0 radical (unpaired) electrons. The van der Waals surface area contributed by atoms with E-state index in [0.717, 1.165) is 0 Å². The summed E-state index contributed by atoms with van der Waals surface area (Å²) in [6.45, 7) is 1.50. The third-order valence-corrected chi connectivity index (χ3v) is 1.61. The summed E-state index contributed by atoms with van der Waals surface area (Å²) in [5, 5.41) is 0. The van der Waals surface area contributed by atoms with E-state index < -0.39 is 11.4 Å². The molecule has 0 fully saturated rings. The minimum Gasteiger partial charge on any atom is -0.368 e. The zero-order valence-electron chi connectivity index (χ0n) is 7.10.